The van der Waals surface area contributed by atoms with Crippen molar-refractivity contribution in [1.29, 1.82) is 5.26 Å². The van der Waals surface area contributed by atoms with Gasteiger partial charge in [0.1, 0.15) is 41.3 Å². The first-order valence-corrected chi connectivity index (χ1v) is 18.6. The van der Waals surface area contributed by atoms with E-state index in [9.17, 15) is 29.6 Å². The molecule has 3 N–H and O–H groups in total. The third-order valence-electron chi connectivity index (χ3n) is 8.42. The average molecular weight is 749 g/mol. The van der Waals surface area contributed by atoms with Gasteiger partial charge in [0.15, 0.2) is 23.8 Å². The third-order valence-corrected chi connectivity index (χ3v) is 10.3. The topological polar surface area (TPSA) is 201 Å². The maximum absolute atomic E-state index is 13.9. The number of fused-ring (bicyclic) bond motifs is 1. The molecule has 0 bridgehead atoms. The van der Waals surface area contributed by atoms with Gasteiger partial charge in [0.2, 0.25) is 6.79 Å². The van der Waals surface area contributed by atoms with Gasteiger partial charge in [-0.15, -0.1) is 0 Å². The van der Waals surface area contributed by atoms with Crippen molar-refractivity contribution in [2.24, 2.45) is 5.41 Å². The molecule has 2 aliphatic rings. The van der Waals surface area contributed by atoms with Gasteiger partial charge in [-0.2, -0.15) is 5.26 Å². The normalized spacial score (nSPS) is 22.6. The van der Waals surface area contributed by atoms with Crippen molar-refractivity contribution in [1.82, 2.24) is 9.55 Å². The Morgan fingerprint density at radius 2 is 1.86 bits per heavy atom. The van der Waals surface area contributed by atoms with Crippen LogP contribution in [-0.2, 0) is 37.6 Å². The van der Waals surface area contributed by atoms with E-state index in [0.717, 1.165) is 25.7 Å². The second kappa shape index (κ2) is 16.3. The molecular formula is C34H42ClN4O11P. The standard InChI is InChI=1S/C34H42ClN4O11P/c1-20(32(42)46-18-47-33(43)34(2,3)4)49-51(44,50-22-12-6-5-7-13-22)19-45-17-25-27(40)28(41)31(48-25)39-15-14-23-26(37-21-10-8-9-11-21)24(16-36)29(35)38-30(23)39/h5-7,12-15,20-21,25,27-28,31,40-41H,8-11,17-19H2,1-4H3,(H,37,38)/t20-,25+,27+,28+,31+,51-/m0/s1. The van der Waals surface area contributed by atoms with Gasteiger partial charge in [-0.3, -0.25) is 9.32 Å². The van der Waals surface area contributed by atoms with E-state index in [-0.39, 0.29) is 29.1 Å². The van der Waals surface area contributed by atoms with Crippen LogP contribution in [0.5, 0.6) is 5.75 Å². The van der Waals surface area contributed by atoms with E-state index < -0.39 is 68.7 Å². The largest absolute Gasteiger partial charge is 0.427 e. The maximum atomic E-state index is 13.9. The average Bonchev–Trinajstić information content (AvgIpc) is 3.81. The zero-order chi connectivity index (χ0) is 36.9. The minimum atomic E-state index is -4.24. The van der Waals surface area contributed by atoms with Crippen LogP contribution < -0.4 is 9.84 Å². The van der Waals surface area contributed by atoms with Crippen molar-refractivity contribution in [3.05, 3.63) is 53.3 Å². The number of carbonyl (C=O) groups is 2. The third kappa shape index (κ3) is 9.20. The first-order chi connectivity index (χ1) is 24.2. The quantitative estimate of drug-likeness (QED) is 0.0832. The molecule has 17 heteroatoms. The van der Waals surface area contributed by atoms with E-state index in [4.69, 9.17) is 39.6 Å². The van der Waals surface area contributed by atoms with Gasteiger partial charge >= 0.3 is 19.5 Å². The number of ether oxygens (including phenoxy) is 4. The summed E-state index contributed by atoms with van der Waals surface area (Å²) >= 11 is 6.44. The second-order valence-corrected chi connectivity index (χ2v) is 15.7. The zero-order valence-corrected chi connectivity index (χ0v) is 30.3. The highest BCUT2D eigenvalue weighted by molar-refractivity contribution is 7.54. The van der Waals surface area contributed by atoms with Crippen LogP contribution in [0.15, 0.2) is 42.6 Å². The van der Waals surface area contributed by atoms with E-state index in [1.165, 1.54) is 23.6 Å². The Balaban J connectivity index is 1.26. The summed E-state index contributed by atoms with van der Waals surface area (Å²) in [4.78, 5) is 29.0. The van der Waals surface area contributed by atoms with Crippen molar-refractivity contribution in [3.63, 3.8) is 0 Å². The number of nitriles is 1. The molecule has 1 aliphatic heterocycles. The number of carbonyl (C=O) groups excluding carboxylic acids is 2. The summed E-state index contributed by atoms with van der Waals surface area (Å²) < 4.78 is 48.3. The van der Waals surface area contributed by atoms with Crippen LogP contribution in [0.1, 0.15) is 65.2 Å². The summed E-state index contributed by atoms with van der Waals surface area (Å²) in [6.45, 7) is 5.19. The van der Waals surface area contributed by atoms with Gasteiger partial charge in [-0.05, 0) is 58.7 Å². The van der Waals surface area contributed by atoms with Crippen LogP contribution in [0.25, 0.3) is 11.0 Å². The lowest BCUT2D eigenvalue weighted by Gasteiger charge is -2.23. The van der Waals surface area contributed by atoms with Crippen molar-refractivity contribution in [2.45, 2.75) is 90.1 Å². The van der Waals surface area contributed by atoms with Crippen molar-refractivity contribution < 1.29 is 52.4 Å². The lowest BCUT2D eigenvalue weighted by molar-refractivity contribution is -0.177. The van der Waals surface area contributed by atoms with E-state index >= 15 is 0 Å². The lowest BCUT2D eigenvalue weighted by Crippen LogP contribution is -2.34. The van der Waals surface area contributed by atoms with E-state index in [1.54, 1.807) is 51.2 Å². The number of anilines is 1. The van der Waals surface area contributed by atoms with Crippen LogP contribution in [0.4, 0.5) is 5.69 Å². The fourth-order valence-electron chi connectivity index (χ4n) is 5.73. The number of aliphatic hydroxyl groups excluding tert-OH is 2. The first-order valence-electron chi connectivity index (χ1n) is 16.5. The highest BCUT2D eigenvalue weighted by Crippen LogP contribution is 2.50. The molecule has 5 rings (SSSR count). The molecule has 2 aromatic heterocycles. The van der Waals surface area contributed by atoms with Gasteiger partial charge in [0, 0.05) is 17.6 Å². The van der Waals surface area contributed by atoms with Crippen LogP contribution in [0.3, 0.4) is 0 Å². The van der Waals surface area contributed by atoms with Gasteiger partial charge < -0.3 is 43.6 Å². The number of hydrogen-bond acceptors (Lipinski definition) is 14. The Hall–Kier alpha value is -3.74. The molecule has 0 amide bonds. The highest BCUT2D eigenvalue weighted by atomic mass is 35.5. The fourth-order valence-corrected chi connectivity index (χ4v) is 7.44. The molecule has 276 valence electrons. The summed E-state index contributed by atoms with van der Waals surface area (Å²) in [5.41, 5.74) is 0.282. The summed E-state index contributed by atoms with van der Waals surface area (Å²) in [7, 11) is -4.24. The minimum Gasteiger partial charge on any atom is -0.427 e. The molecular weight excluding hydrogens is 707 g/mol. The van der Waals surface area contributed by atoms with Gasteiger partial charge in [-0.1, -0.05) is 42.6 Å². The predicted molar refractivity (Wildman–Crippen MR) is 184 cm³/mol. The second-order valence-electron chi connectivity index (χ2n) is 13.4. The predicted octanol–water partition coefficient (Wildman–Crippen LogP) is 5.28. The van der Waals surface area contributed by atoms with Crippen LogP contribution in [-0.4, -0.2) is 81.9 Å². The molecule has 2 fully saturated rings. The number of aromatic nitrogens is 2. The van der Waals surface area contributed by atoms with Crippen LogP contribution >= 0.6 is 19.2 Å². The van der Waals surface area contributed by atoms with Gasteiger partial charge in [0.05, 0.1) is 17.7 Å². The molecule has 15 nitrogen and oxygen atoms in total. The van der Waals surface area contributed by atoms with Gasteiger partial charge in [0.25, 0.3) is 0 Å². The molecule has 3 aromatic rings. The Labute approximate surface area is 300 Å². The Bertz CT molecular complexity index is 1790. The van der Waals surface area contributed by atoms with E-state index in [2.05, 4.69) is 16.4 Å². The number of halogens is 1. The number of rotatable bonds is 14. The summed E-state index contributed by atoms with van der Waals surface area (Å²) in [5, 5.41) is 35.8. The number of nitrogens with one attached hydrogen (secondary N) is 1. The molecule has 1 aliphatic carbocycles. The number of nitrogens with zero attached hydrogens (tertiary/aromatic N) is 3. The number of esters is 2. The Morgan fingerprint density at radius 3 is 2.53 bits per heavy atom. The Kier molecular flexibility index (Phi) is 12.3. The lowest BCUT2D eigenvalue weighted by atomic mass is 9.98. The number of aliphatic hydroxyl groups is 2. The van der Waals surface area contributed by atoms with Crippen molar-refractivity contribution >= 4 is 47.9 Å². The first kappa shape index (κ1) is 38.5. The number of pyridine rings is 1. The summed E-state index contributed by atoms with van der Waals surface area (Å²) in [6, 6.07) is 12.1. The van der Waals surface area contributed by atoms with Crippen molar-refractivity contribution in [3.8, 4) is 11.8 Å². The molecule has 6 atom stereocenters. The minimum absolute atomic E-state index is 0.0171. The highest BCUT2D eigenvalue weighted by Gasteiger charge is 2.45. The molecule has 3 heterocycles. The summed E-state index contributed by atoms with van der Waals surface area (Å²) in [5.74, 6) is -1.38. The molecule has 0 spiro atoms. The molecule has 1 saturated heterocycles. The van der Waals surface area contributed by atoms with E-state index in [1.807, 2.05) is 0 Å². The molecule has 1 saturated carbocycles. The molecule has 0 radical (unpaired) electrons. The smallest absolute Gasteiger partial charge is 0.405 e. The zero-order valence-electron chi connectivity index (χ0n) is 28.7. The van der Waals surface area contributed by atoms with E-state index in [0.29, 0.717) is 16.7 Å². The number of hydrogen-bond donors (Lipinski definition) is 3. The number of para-hydroxylation sites is 1. The van der Waals surface area contributed by atoms with Crippen LogP contribution in [0.2, 0.25) is 5.15 Å². The fraction of sp³-hybridized carbons (Fsp3) is 0.529. The monoisotopic (exact) mass is 748 g/mol. The molecule has 51 heavy (non-hydrogen) atoms. The SMILES string of the molecule is C[C@H](O[P@@](=O)(COC[C@H]1O[C@@H](n2ccc3c(NC4CCCC4)c(C#N)c(Cl)nc32)[C@H](O)[C@@H]1O)Oc1ccccc1)C(=O)OCOC(=O)C(C)(C)C. The maximum Gasteiger partial charge on any atom is 0.405 e. The summed E-state index contributed by atoms with van der Waals surface area (Å²) in [6.07, 6.45) is -1.49. The van der Waals surface area contributed by atoms with Gasteiger partial charge in [-0.25, -0.2) is 14.3 Å². The number of benzene rings is 1. The van der Waals surface area contributed by atoms with Crippen LogP contribution in [0, 0.1) is 16.7 Å². The molecule has 0 unspecified atom stereocenters. The molecule has 1 aromatic carbocycles. The van der Waals surface area contributed by atoms with Crippen molar-refractivity contribution in [2.75, 3.05) is 25.1 Å². The Morgan fingerprint density at radius 1 is 1.16 bits per heavy atom.